The molecule has 0 aromatic carbocycles. The van der Waals surface area contributed by atoms with Crippen molar-refractivity contribution in [2.75, 3.05) is 18.5 Å². The summed E-state index contributed by atoms with van der Waals surface area (Å²) in [6.45, 7) is 1.85. The number of hydrogen-bond acceptors (Lipinski definition) is 4. The minimum Gasteiger partial charge on any atom is -0.432 e. The molecule has 1 heterocycles. The van der Waals surface area contributed by atoms with Gasteiger partial charge in [0.15, 0.2) is 0 Å². The molecule has 0 atom stereocenters. The quantitative estimate of drug-likeness (QED) is 0.623. The predicted octanol–water partition coefficient (Wildman–Crippen LogP) is 0.0968. The van der Waals surface area contributed by atoms with Gasteiger partial charge in [-0.25, -0.2) is 4.79 Å². The number of oxazole rings is 1. The summed E-state index contributed by atoms with van der Waals surface area (Å²) < 4.78 is 4.87. The lowest BCUT2D eigenvalue weighted by Crippen LogP contribution is -2.31. The van der Waals surface area contributed by atoms with Crippen molar-refractivity contribution in [2.45, 2.75) is 6.92 Å². The van der Waals surface area contributed by atoms with E-state index < -0.39 is 6.03 Å². The predicted molar refractivity (Wildman–Crippen MR) is 45.3 cm³/mol. The summed E-state index contributed by atoms with van der Waals surface area (Å²) in [4.78, 5) is 14.8. The van der Waals surface area contributed by atoms with Crippen LogP contribution in [0.4, 0.5) is 10.8 Å². The van der Waals surface area contributed by atoms with Gasteiger partial charge in [-0.05, 0) is 6.92 Å². The Labute approximate surface area is 75.0 Å². The van der Waals surface area contributed by atoms with Crippen molar-refractivity contribution >= 4 is 12.0 Å². The highest BCUT2D eigenvalue weighted by Gasteiger charge is 2.04. The smallest absolute Gasteiger partial charge is 0.322 e. The maximum atomic E-state index is 10.9. The Morgan fingerprint density at radius 1 is 1.77 bits per heavy atom. The summed E-state index contributed by atoms with van der Waals surface area (Å²) in [6, 6.07) is -0.302. The van der Waals surface area contributed by atoms with Crippen LogP contribution in [0, 0.1) is 6.92 Å². The first-order valence-corrected chi connectivity index (χ1v) is 3.80. The van der Waals surface area contributed by atoms with Crippen LogP contribution in [-0.2, 0) is 0 Å². The molecule has 1 aromatic rings. The van der Waals surface area contributed by atoms with Gasteiger partial charge in [-0.15, -0.1) is 0 Å². The normalized spacial score (nSPS) is 9.69. The van der Waals surface area contributed by atoms with Crippen molar-refractivity contribution in [2.24, 2.45) is 0 Å². The molecular weight excluding hydrogens is 174 g/mol. The Balaban J connectivity index is 2.36. The number of hydrogen-bond donors (Lipinski definition) is 3. The van der Waals surface area contributed by atoms with Gasteiger partial charge in [0.05, 0.1) is 12.3 Å². The Bertz CT molecular complexity index is 284. The Kier molecular flexibility index (Phi) is 3.27. The third-order valence-electron chi connectivity index (χ3n) is 1.24. The summed E-state index contributed by atoms with van der Waals surface area (Å²) in [7, 11) is 0. The molecular formula is C7H11N3O3. The van der Waals surface area contributed by atoms with Crippen LogP contribution in [0.5, 0.6) is 0 Å². The van der Waals surface area contributed by atoms with E-state index in [0.717, 1.165) is 0 Å². The van der Waals surface area contributed by atoms with Gasteiger partial charge in [-0.2, -0.15) is 4.98 Å². The monoisotopic (exact) mass is 185 g/mol. The van der Waals surface area contributed by atoms with Crippen molar-refractivity contribution < 1.29 is 14.3 Å². The number of anilines is 1. The average molecular weight is 185 g/mol. The number of nitrogens with zero attached hydrogens (tertiary/aromatic N) is 1. The zero-order valence-corrected chi connectivity index (χ0v) is 7.20. The highest BCUT2D eigenvalue weighted by atomic mass is 16.4. The molecule has 0 fully saturated rings. The lowest BCUT2D eigenvalue weighted by molar-refractivity contribution is 0.244. The van der Waals surface area contributed by atoms with Crippen molar-refractivity contribution in [1.82, 2.24) is 10.3 Å². The van der Waals surface area contributed by atoms with E-state index in [9.17, 15) is 4.79 Å². The second-order valence-electron chi connectivity index (χ2n) is 2.40. The molecule has 6 nitrogen and oxygen atoms in total. The van der Waals surface area contributed by atoms with E-state index in [2.05, 4.69) is 15.6 Å². The first kappa shape index (κ1) is 9.53. The molecule has 0 radical (unpaired) electrons. The largest absolute Gasteiger partial charge is 0.432 e. The van der Waals surface area contributed by atoms with Crippen LogP contribution in [0.15, 0.2) is 10.7 Å². The number of amides is 2. The number of aryl methyl sites for hydroxylation is 1. The molecule has 0 saturated carbocycles. The van der Waals surface area contributed by atoms with E-state index in [1.54, 1.807) is 6.92 Å². The van der Waals surface area contributed by atoms with Crippen LogP contribution < -0.4 is 10.6 Å². The van der Waals surface area contributed by atoms with Crippen LogP contribution in [0.2, 0.25) is 0 Å². The number of rotatable bonds is 3. The molecule has 13 heavy (non-hydrogen) atoms. The lowest BCUT2D eigenvalue weighted by Gasteiger charge is -2.01. The van der Waals surface area contributed by atoms with E-state index in [0.29, 0.717) is 5.69 Å². The summed E-state index contributed by atoms with van der Waals surface area (Å²) in [5.74, 6) is 0. The molecule has 0 aliphatic carbocycles. The summed E-state index contributed by atoms with van der Waals surface area (Å²) in [5, 5.41) is 13.2. The molecule has 2 amide bonds. The summed E-state index contributed by atoms with van der Waals surface area (Å²) in [6.07, 6.45) is 1.43. The van der Waals surface area contributed by atoms with Gasteiger partial charge in [0, 0.05) is 6.54 Å². The maximum absolute atomic E-state index is 10.9. The Morgan fingerprint density at radius 3 is 3.08 bits per heavy atom. The molecule has 3 N–H and O–H groups in total. The second-order valence-corrected chi connectivity index (χ2v) is 2.40. The third kappa shape index (κ3) is 3.12. The molecule has 0 bridgehead atoms. The van der Waals surface area contributed by atoms with Crippen molar-refractivity contribution in [3.63, 3.8) is 0 Å². The molecule has 1 aromatic heterocycles. The maximum Gasteiger partial charge on any atom is 0.322 e. The second kappa shape index (κ2) is 4.46. The molecule has 1 rings (SSSR count). The number of aromatic nitrogens is 1. The van der Waals surface area contributed by atoms with Crippen molar-refractivity contribution in [3.8, 4) is 0 Å². The van der Waals surface area contributed by atoms with Crippen LogP contribution >= 0.6 is 0 Å². The molecule has 0 unspecified atom stereocenters. The van der Waals surface area contributed by atoms with Gasteiger partial charge < -0.3 is 14.8 Å². The van der Waals surface area contributed by atoms with Gasteiger partial charge in [0.1, 0.15) is 6.26 Å². The number of urea groups is 1. The van der Waals surface area contributed by atoms with Gasteiger partial charge in [0.25, 0.3) is 0 Å². The number of carbonyl (C=O) groups excluding carboxylic acids is 1. The molecule has 6 heteroatoms. The van der Waals surface area contributed by atoms with E-state index in [1.807, 2.05) is 0 Å². The average Bonchev–Trinajstić information content (AvgIpc) is 2.48. The molecule has 0 aliphatic heterocycles. The van der Waals surface area contributed by atoms with Crippen LogP contribution in [-0.4, -0.2) is 29.3 Å². The fourth-order valence-corrected chi connectivity index (χ4v) is 0.722. The van der Waals surface area contributed by atoms with Crippen molar-refractivity contribution in [1.29, 1.82) is 0 Å². The fourth-order valence-electron chi connectivity index (χ4n) is 0.722. The third-order valence-corrected chi connectivity index (χ3v) is 1.24. The Morgan fingerprint density at radius 2 is 2.54 bits per heavy atom. The standard InChI is InChI=1S/C7H11N3O3/c1-5-4-13-7(9-5)10-6(12)8-2-3-11/h4,11H,2-3H2,1H3,(H2,8,9,10,12). The van der Waals surface area contributed by atoms with Crippen molar-refractivity contribution in [3.05, 3.63) is 12.0 Å². The van der Waals surface area contributed by atoms with Gasteiger partial charge in [0.2, 0.25) is 0 Å². The van der Waals surface area contributed by atoms with E-state index in [1.165, 1.54) is 6.26 Å². The number of aliphatic hydroxyl groups is 1. The van der Waals surface area contributed by atoms with E-state index >= 15 is 0 Å². The number of aliphatic hydroxyl groups excluding tert-OH is 1. The molecule has 72 valence electrons. The first-order valence-electron chi connectivity index (χ1n) is 3.80. The number of carbonyl (C=O) groups is 1. The highest BCUT2D eigenvalue weighted by molar-refractivity contribution is 5.86. The minimum atomic E-state index is -0.448. The summed E-state index contributed by atoms with van der Waals surface area (Å²) >= 11 is 0. The lowest BCUT2D eigenvalue weighted by atomic mass is 10.6. The van der Waals surface area contributed by atoms with E-state index in [-0.39, 0.29) is 19.2 Å². The molecule has 0 saturated heterocycles. The fraction of sp³-hybridized carbons (Fsp3) is 0.429. The molecule has 0 aliphatic rings. The first-order chi connectivity index (χ1) is 6.22. The van der Waals surface area contributed by atoms with Crippen LogP contribution in [0.3, 0.4) is 0 Å². The molecule has 0 spiro atoms. The summed E-state index contributed by atoms with van der Waals surface area (Å²) in [5.41, 5.74) is 0.692. The number of nitrogens with one attached hydrogen (secondary N) is 2. The van der Waals surface area contributed by atoms with Gasteiger partial charge in [-0.3, -0.25) is 5.32 Å². The van der Waals surface area contributed by atoms with Crippen LogP contribution in [0.25, 0.3) is 0 Å². The zero-order valence-electron chi connectivity index (χ0n) is 7.20. The van der Waals surface area contributed by atoms with E-state index in [4.69, 9.17) is 9.52 Å². The minimum absolute atomic E-state index is 0.0992. The van der Waals surface area contributed by atoms with Crippen LogP contribution in [0.1, 0.15) is 5.69 Å². The zero-order chi connectivity index (χ0) is 9.68. The van der Waals surface area contributed by atoms with Gasteiger partial charge in [-0.1, -0.05) is 0 Å². The topological polar surface area (TPSA) is 87.4 Å². The highest BCUT2D eigenvalue weighted by Crippen LogP contribution is 2.04. The van der Waals surface area contributed by atoms with Gasteiger partial charge >= 0.3 is 12.0 Å². The SMILES string of the molecule is Cc1coc(NC(=O)NCCO)n1. The Hall–Kier alpha value is -1.56.